The molecule has 0 saturated heterocycles. The molecule has 2 rings (SSSR count). The highest BCUT2D eigenvalue weighted by atomic mass is 35.5. The van der Waals surface area contributed by atoms with Crippen molar-refractivity contribution in [2.45, 2.75) is 13.3 Å². The van der Waals surface area contributed by atoms with Crippen molar-refractivity contribution in [1.82, 2.24) is 4.90 Å². The minimum atomic E-state index is -0.189. The van der Waals surface area contributed by atoms with Gasteiger partial charge in [0.1, 0.15) is 0 Å². The largest absolute Gasteiger partial charge is 0.383 e. The van der Waals surface area contributed by atoms with Gasteiger partial charge in [-0.1, -0.05) is 30.1 Å². The molecule has 1 amide bonds. The minimum absolute atomic E-state index is 0.0632. The van der Waals surface area contributed by atoms with Gasteiger partial charge in [0.05, 0.1) is 27.8 Å². The Morgan fingerprint density at radius 1 is 1.38 bits per heavy atom. The van der Waals surface area contributed by atoms with E-state index in [1.54, 1.807) is 35.1 Å². The summed E-state index contributed by atoms with van der Waals surface area (Å²) in [5.41, 5.74) is 1.33. The minimum Gasteiger partial charge on any atom is -0.383 e. The fraction of sp³-hybridized carbons (Fsp3) is 0.333. The molecule has 1 aromatic carbocycles. The van der Waals surface area contributed by atoms with E-state index < -0.39 is 0 Å². The molecular formula is C15H16Cl2N2O2. The first-order valence-electron chi connectivity index (χ1n) is 6.57. The van der Waals surface area contributed by atoms with Crippen LogP contribution in [0.1, 0.15) is 23.7 Å². The van der Waals surface area contributed by atoms with E-state index in [0.29, 0.717) is 28.3 Å². The van der Waals surface area contributed by atoms with E-state index in [1.807, 2.05) is 14.1 Å². The zero-order valence-corrected chi connectivity index (χ0v) is 13.6. The fourth-order valence-corrected chi connectivity index (χ4v) is 2.70. The molecule has 112 valence electrons. The first kappa shape index (κ1) is 15.9. The smallest absolute Gasteiger partial charge is 0.227 e. The molecule has 4 nitrogen and oxygen atoms in total. The molecule has 0 radical (unpaired) electrons. The van der Waals surface area contributed by atoms with Gasteiger partial charge in [-0.05, 0) is 12.1 Å². The highest BCUT2D eigenvalue weighted by Crippen LogP contribution is 2.38. The molecule has 0 aromatic heterocycles. The average molecular weight is 327 g/mol. The van der Waals surface area contributed by atoms with E-state index in [2.05, 4.69) is 0 Å². The van der Waals surface area contributed by atoms with Gasteiger partial charge in [0, 0.05) is 32.3 Å². The van der Waals surface area contributed by atoms with Crippen LogP contribution < -0.4 is 4.90 Å². The van der Waals surface area contributed by atoms with Crippen LogP contribution in [0.3, 0.4) is 0 Å². The second kappa shape index (κ2) is 6.08. The molecule has 0 bridgehead atoms. The summed E-state index contributed by atoms with van der Waals surface area (Å²) in [6.45, 7) is 2.03. The van der Waals surface area contributed by atoms with Gasteiger partial charge in [-0.25, -0.2) is 0 Å². The Morgan fingerprint density at radius 2 is 2.05 bits per heavy atom. The van der Waals surface area contributed by atoms with Gasteiger partial charge in [0.15, 0.2) is 5.78 Å². The summed E-state index contributed by atoms with van der Waals surface area (Å²) in [6, 6.07) is 3.27. The van der Waals surface area contributed by atoms with Crippen molar-refractivity contribution >= 4 is 40.6 Å². The van der Waals surface area contributed by atoms with Gasteiger partial charge in [-0.3, -0.25) is 9.59 Å². The molecule has 1 aliphatic rings. The second-order valence-electron chi connectivity index (χ2n) is 5.04. The SMILES string of the molecule is CCC(=O)N1CC(=CN(C)C)C(=O)c2c1ccc(Cl)c2Cl. The number of amides is 1. The zero-order valence-electron chi connectivity index (χ0n) is 12.1. The molecule has 1 heterocycles. The maximum Gasteiger partial charge on any atom is 0.227 e. The van der Waals surface area contributed by atoms with Crippen molar-refractivity contribution in [2.75, 3.05) is 25.5 Å². The Kier molecular flexibility index (Phi) is 4.59. The molecule has 1 aromatic rings. The molecule has 0 fully saturated rings. The van der Waals surface area contributed by atoms with Crippen LogP contribution in [0.2, 0.25) is 10.0 Å². The summed E-state index contributed by atoms with van der Waals surface area (Å²) in [5.74, 6) is -0.252. The van der Waals surface area contributed by atoms with Crippen molar-refractivity contribution in [3.8, 4) is 0 Å². The van der Waals surface area contributed by atoms with Crippen LogP contribution in [-0.4, -0.2) is 37.2 Å². The summed E-state index contributed by atoms with van der Waals surface area (Å²) in [7, 11) is 3.64. The molecule has 0 saturated carbocycles. The number of hydrogen-bond acceptors (Lipinski definition) is 3. The third kappa shape index (κ3) is 2.92. The highest BCUT2D eigenvalue weighted by molar-refractivity contribution is 6.45. The number of ketones is 1. The number of rotatable bonds is 2. The van der Waals surface area contributed by atoms with Crippen LogP contribution in [0.25, 0.3) is 0 Å². The molecular weight excluding hydrogens is 311 g/mol. The molecule has 6 heteroatoms. The number of benzene rings is 1. The van der Waals surface area contributed by atoms with Crippen molar-refractivity contribution in [1.29, 1.82) is 0 Å². The lowest BCUT2D eigenvalue weighted by molar-refractivity contribution is -0.118. The van der Waals surface area contributed by atoms with Gasteiger partial charge >= 0.3 is 0 Å². The predicted octanol–water partition coefficient (Wildman–Crippen LogP) is 3.38. The molecule has 0 N–H and O–H groups in total. The Bertz CT molecular complexity index is 639. The number of anilines is 1. The second-order valence-corrected chi connectivity index (χ2v) is 5.82. The van der Waals surface area contributed by atoms with Crippen LogP contribution in [0.4, 0.5) is 5.69 Å². The van der Waals surface area contributed by atoms with E-state index in [-0.39, 0.29) is 23.3 Å². The van der Waals surface area contributed by atoms with Gasteiger partial charge < -0.3 is 9.80 Å². The molecule has 0 atom stereocenters. The predicted molar refractivity (Wildman–Crippen MR) is 85.2 cm³/mol. The fourth-order valence-electron chi connectivity index (χ4n) is 2.29. The topological polar surface area (TPSA) is 40.6 Å². The van der Waals surface area contributed by atoms with Gasteiger partial charge in [0.25, 0.3) is 0 Å². The lowest BCUT2D eigenvalue weighted by Crippen LogP contribution is -2.39. The van der Waals surface area contributed by atoms with Crippen molar-refractivity contribution in [3.05, 3.63) is 39.5 Å². The van der Waals surface area contributed by atoms with Crippen LogP contribution in [-0.2, 0) is 4.79 Å². The summed E-state index contributed by atoms with van der Waals surface area (Å²) in [4.78, 5) is 28.1. The normalized spacial score (nSPS) is 16.1. The Labute approximate surface area is 133 Å². The summed E-state index contributed by atoms with van der Waals surface area (Å²) < 4.78 is 0. The first-order chi connectivity index (χ1) is 9.86. The molecule has 1 aliphatic heterocycles. The van der Waals surface area contributed by atoms with Crippen molar-refractivity contribution in [3.63, 3.8) is 0 Å². The van der Waals surface area contributed by atoms with Crippen LogP contribution in [0, 0.1) is 0 Å². The van der Waals surface area contributed by atoms with Crippen molar-refractivity contribution < 1.29 is 9.59 Å². The number of halogens is 2. The number of nitrogens with zero attached hydrogens (tertiary/aromatic N) is 2. The molecule has 0 aliphatic carbocycles. The van der Waals surface area contributed by atoms with E-state index in [1.165, 1.54) is 0 Å². The maximum atomic E-state index is 12.6. The Hall–Kier alpha value is -1.52. The van der Waals surface area contributed by atoms with Gasteiger partial charge in [-0.15, -0.1) is 0 Å². The van der Waals surface area contributed by atoms with Gasteiger partial charge in [-0.2, -0.15) is 0 Å². The number of fused-ring (bicyclic) bond motifs is 1. The summed E-state index contributed by atoms with van der Waals surface area (Å²) >= 11 is 12.2. The third-order valence-corrected chi connectivity index (χ3v) is 4.03. The first-order valence-corrected chi connectivity index (χ1v) is 7.32. The highest BCUT2D eigenvalue weighted by Gasteiger charge is 2.32. The zero-order chi connectivity index (χ0) is 15.7. The molecule has 0 spiro atoms. The maximum absolute atomic E-state index is 12.6. The van der Waals surface area contributed by atoms with E-state index in [9.17, 15) is 9.59 Å². The third-order valence-electron chi connectivity index (χ3n) is 3.23. The van der Waals surface area contributed by atoms with Crippen LogP contribution in [0.15, 0.2) is 23.9 Å². The average Bonchev–Trinajstić information content (AvgIpc) is 2.44. The standard InChI is InChI=1S/C15H16Cl2N2O2/c1-4-12(20)19-8-9(7-18(2)3)15(21)13-11(19)6-5-10(16)14(13)17/h5-7H,4,8H2,1-3H3. The number of carbonyl (C=O) groups excluding carboxylic acids is 2. The molecule has 0 unspecified atom stereocenters. The summed E-state index contributed by atoms with van der Waals surface area (Å²) in [5, 5.41) is 0.496. The summed E-state index contributed by atoms with van der Waals surface area (Å²) in [6.07, 6.45) is 2.06. The Balaban J connectivity index is 2.65. The van der Waals surface area contributed by atoms with Crippen LogP contribution in [0.5, 0.6) is 0 Å². The number of hydrogen-bond donors (Lipinski definition) is 0. The lowest BCUT2D eigenvalue weighted by atomic mass is 9.96. The van der Waals surface area contributed by atoms with E-state index in [0.717, 1.165) is 0 Å². The van der Waals surface area contributed by atoms with E-state index in [4.69, 9.17) is 23.2 Å². The number of Topliss-reactive ketones (excluding diaryl/α,β-unsaturated/α-hetero) is 1. The van der Waals surface area contributed by atoms with E-state index >= 15 is 0 Å². The van der Waals surface area contributed by atoms with Gasteiger partial charge in [0.2, 0.25) is 5.91 Å². The van der Waals surface area contributed by atoms with Crippen LogP contribution >= 0.6 is 23.2 Å². The van der Waals surface area contributed by atoms with Crippen molar-refractivity contribution in [2.24, 2.45) is 0 Å². The number of carbonyl (C=O) groups is 2. The Morgan fingerprint density at radius 3 is 2.62 bits per heavy atom. The lowest BCUT2D eigenvalue weighted by Gasteiger charge is -2.31. The molecule has 21 heavy (non-hydrogen) atoms. The monoisotopic (exact) mass is 326 g/mol. The quantitative estimate of drug-likeness (QED) is 0.782.